The number of thiazole rings is 1. The molecule has 1 aromatic carbocycles. The van der Waals surface area contributed by atoms with Crippen molar-refractivity contribution in [3.8, 4) is 10.4 Å². The molecule has 144 valence electrons. The summed E-state index contributed by atoms with van der Waals surface area (Å²) < 4.78 is 12.4. The molecule has 1 N–H and O–H groups in total. The van der Waals surface area contributed by atoms with Crippen LogP contribution in [0.25, 0.3) is 10.4 Å². The number of nitrogens with one attached hydrogen (secondary N) is 1. The summed E-state index contributed by atoms with van der Waals surface area (Å²) in [5.74, 6) is -0.250. The van der Waals surface area contributed by atoms with E-state index in [1.165, 1.54) is 18.3 Å². The van der Waals surface area contributed by atoms with Gasteiger partial charge in [-0.05, 0) is 51.0 Å². The van der Waals surface area contributed by atoms with Gasteiger partial charge in [0.1, 0.15) is 0 Å². The van der Waals surface area contributed by atoms with Crippen LogP contribution in [0.1, 0.15) is 49.3 Å². The van der Waals surface area contributed by atoms with E-state index >= 15 is 0 Å². The van der Waals surface area contributed by atoms with Gasteiger partial charge in [-0.15, -0.1) is 0 Å². The fraction of sp³-hybridized carbons (Fsp3) is 0.421. The van der Waals surface area contributed by atoms with Crippen LogP contribution in [0.2, 0.25) is 0 Å². The summed E-state index contributed by atoms with van der Waals surface area (Å²) in [5, 5.41) is 3.24. The van der Waals surface area contributed by atoms with E-state index in [4.69, 9.17) is 0 Å². The molecule has 2 aromatic rings. The number of aromatic nitrogens is 1. The summed E-state index contributed by atoms with van der Waals surface area (Å²) >= 11 is 1.37. The van der Waals surface area contributed by atoms with Gasteiger partial charge in [0.2, 0.25) is 5.91 Å². The molecule has 0 unspecified atom stereocenters. The van der Waals surface area contributed by atoms with Crippen molar-refractivity contribution < 1.29 is 13.8 Å². The van der Waals surface area contributed by atoms with Crippen LogP contribution in [0.3, 0.4) is 0 Å². The summed E-state index contributed by atoms with van der Waals surface area (Å²) in [6.07, 6.45) is 1.59. The Kier molecular flexibility index (Phi) is 4.98. The number of aryl methyl sites for hydroxylation is 1. The molecule has 2 amide bonds. The lowest BCUT2D eigenvalue weighted by Crippen LogP contribution is -2.41. The summed E-state index contributed by atoms with van der Waals surface area (Å²) in [5.41, 5.74) is 2.77. The predicted molar refractivity (Wildman–Crippen MR) is 109 cm³/mol. The average Bonchev–Trinajstić information content (AvgIpc) is 3.05. The molecule has 1 aliphatic rings. The minimum Gasteiger partial charge on any atom is -0.329 e. The second-order valence-corrected chi connectivity index (χ2v) is 9.99. The smallest absolute Gasteiger partial charge is 0.256 e. The lowest BCUT2D eigenvalue weighted by molar-refractivity contribution is -0.114. The fourth-order valence-corrected chi connectivity index (χ4v) is 4.98. The Morgan fingerprint density at radius 2 is 2.00 bits per heavy atom. The summed E-state index contributed by atoms with van der Waals surface area (Å²) in [6, 6.07) is 3.80. The largest absolute Gasteiger partial charge is 0.329 e. The van der Waals surface area contributed by atoms with Gasteiger partial charge in [-0.25, -0.2) is 4.98 Å². The van der Waals surface area contributed by atoms with Gasteiger partial charge < -0.3 is 10.2 Å². The Hall–Kier alpha value is -2.06. The molecule has 0 spiro atoms. The van der Waals surface area contributed by atoms with Crippen molar-refractivity contribution in [3.63, 3.8) is 0 Å². The van der Waals surface area contributed by atoms with E-state index in [1.807, 2.05) is 39.8 Å². The molecule has 0 saturated heterocycles. The predicted octanol–water partition coefficient (Wildman–Crippen LogP) is 3.57. The highest BCUT2D eigenvalue weighted by Gasteiger charge is 2.37. The maximum atomic E-state index is 12.9. The molecule has 3 rings (SSSR count). The van der Waals surface area contributed by atoms with Gasteiger partial charge in [-0.2, -0.15) is 0 Å². The van der Waals surface area contributed by atoms with E-state index in [-0.39, 0.29) is 17.4 Å². The van der Waals surface area contributed by atoms with Gasteiger partial charge >= 0.3 is 0 Å². The lowest BCUT2D eigenvalue weighted by Gasteiger charge is -2.31. The molecule has 6 nitrogen and oxygen atoms in total. The van der Waals surface area contributed by atoms with Crippen LogP contribution in [-0.2, 0) is 22.1 Å². The molecular weight excluding hydrogens is 382 g/mol. The Morgan fingerprint density at radius 1 is 1.33 bits per heavy atom. The van der Waals surface area contributed by atoms with E-state index in [0.717, 1.165) is 21.7 Å². The summed E-state index contributed by atoms with van der Waals surface area (Å²) in [7, 11) is -1.30. The van der Waals surface area contributed by atoms with Crippen LogP contribution >= 0.6 is 11.3 Å². The minimum atomic E-state index is -1.30. The van der Waals surface area contributed by atoms with Crippen LogP contribution in [0.5, 0.6) is 0 Å². The Morgan fingerprint density at radius 3 is 2.56 bits per heavy atom. The van der Waals surface area contributed by atoms with E-state index in [9.17, 15) is 13.8 Å². The monoisotopic (exact) mass is 405 g/mol. The molecule has 2 heterocycles. The van der Waals surface area contributed by atoms with Crippen LogP contribution in [0.15, 0.2) is 17.0 Å². The van der Waals surface area contributed by atoms with E-state index < -0.39 is 10.8 Å². The van der Waals surface area contributed by atoms with Crippen LogP contribution in [0.4, 0.5) is 5.13 Å². The number of anilines is 1. The van der Waals surface area contributed by atoms with Crippen molar-refractivity contribution in [1.82, 2.24) is 9.88 Å². The van der Waals surface area contributed by atoms with Crippen molar-refractivity contribution in [2.24, 2.45) is 0 Å². The first kappa shape index (κ1) is 19.7. The second-order valence-electron chi connectivity index (χ2n) is 7.64. The number of hydrogen-bond donors (Lipinski definition) is 1. The third kappa shape index (κ3) is 3.68. The molecule has 27 heavy (non-hydrogen) atoms. The maximum absolute atomic E-state index is 12.9. The Labute approximate surface area is 165 Å². The number of hydrogen-bond acceptors (Lipinski definition) is 5. The highest BCUT2D eigenvalue weighted by Crippen LogP contribution is 2.39. The number of fused-ring (bicyclic) bond motifs is 1. The molecule has 0 bridgehead atoms. The molecule has 1 aliphatic heterocycles. The third-order valence-electron chi connectivity index (χ3n) is 4.43. The van der Waals surface area contributed by atoms with Gasteiger partial charge in [0.25, 0.3) is 5.91 Å². The van der Waals surface area contributed by atoms with E-state index in [1.54, 1.807) is 11.2 Å². The number of rotatable bonds is 3. The van der Waals surface area contributed by atoms with Crippen molar-refractivity contribution >= 4 is 39.1 Å². The first-order chi connectivity index (χ1) is 12.5. The molecule has 0 fully saturated rings. The lowest BCUT2D eigenvalue weighted by atomic mass is 10.0. The number of amides is 2. The number of nitrogens with zero attached hydrogens (tertiary/aromatic N) is 2. The van der Waals surface area contributed by atoms with Gasteiger partial charge in [-0.3, -0.25) is 13.8 Å². The topological polar surface area (TPSA) is 79.4 Å². The number of carbonyl (C=O) groups excluding carboxylic acids is 2. The molecular formula is C19H23N3O3S2. The van der Waals surface area contributed by atoms with Crippen molar-refractivity contribution in [3.05, 3.63) is 29.0 Å². The molecule has 0 aliphatic carbocycles. The average molecular weight is 406 g/mol. The zero-order chi connectivity index (χ0) is 20.1. The maximum Gasteiger partial charge on any atom is 0.256 e. The fourth-order valence-electron chi connectivity index (χ4n) is 3.19. The van der Waals surface area contributed by atoms with Crippen molar-refractivity contribution in [2.45, 2.75) is 51.6 Å². The summed E-state index contributed by atoms with van der Waals surface area (Å²) in [6.45, 7) is 9.79. The van der Waals surface area contributed by atoms with Gasteiger partial charge in [-0.1, -0.05) is 11.3 Å². The van der Waals surface area contributed by atoms with Crippen LogP contribution < -0.4 is 5.32 Å². The summed E-state index contributed by atoms with van der Waals surface area (Å²) in [4.78, 5) is 31.9. The first-order valence-electron chi connectivity index (χ1n) is 8.56. The van der Waals surface area contributed by atoms with E-state index in [0.29, 0.717) is 22.1 Å². The zero-order valence-corrected chi connectivity index (χ0v) is 17.9. The zero-order valence-electron chi connectivity index (χ0n) is 16.3. The molecule has 0 saturated carbocycles. The molecule has 8 heteroatoms. The van der Waals surface area contributed by atoms with Gasteiger partial charge in [0.05, 0.1) is 31.8 Å². The standard InChI is InChI=1S/C19H23N3O3S2/c1-10-16(26-18(20-10)21-11(2)23)12-7-13-9-22(19(3,4)5)17(24)15(13)14(8-12)27(6)25/h7-8H,9H2,1-6H3,(H,20,21,23)/t27-/m1/s1. The van der Waals surface area contributed by atoms with Crippen LogP contribution in [0, 0.1) is 6.92 Å². The Bertz CT molecular complexity index is 973. The minimum absolute atomic E-state index is 0.0748. The number of carbonyl (C=O) groups is 2. The first-order valence-corrected chi connectivity index (χ1v) is 10.9. The third-order valence-corrected chi connectivity index (χ3v) is 6.50. The molecule has 0 radical (unpaired) electrons. The van der Waals surface area contributed by atoms with Gasteiger partial charge in [0, 0.05) is 25.3 Å². The SMILES string of the molecule is CC(=O)Nc1nc(C)c(-c2cc3c(c([S@@](C)=O)c2)C(=O)N(C(C)(C)C)C3)s1. The van der Waals surface area contributed by atoms with Crippen LogP contribution in [-0.4, -0.2) is 37.7 Å². The van der Waals surface area contributed by atoms with Crippen molar-refractivity contribution in [2.75, 3.05) is 11.6 Å². The Balaban J connectivity index is 2.13. The number of benzene rings is 1. The molecule has 1 atom stereocenters. The quantitative estimate of drug-likeness (QED) is 0.847. The molecule has 1 aromatic heterocycles. The highest BCUT2D eigenvalue weighted by molar-refractivity contribution is 7.84. The van der Waals surface area contributed by atoms with E-state index in [2.05, 4.69) is 10.3 Å². The highest BCUT2D eigenvalue weighted by atomic mass is 32.2. The van der Waals surface area contributed by atoms with Crippen molar-refractivity contribution in [1.29, 1.82) is 0 Å². The normalized spacial score (nSPS) is 15.0. The second kappa shape index (κ2) is 6.83. The van der Waals surface area contributed by atoms with Gasteiger partial charge in [0.15, 0.2) is 5.13 Å².